The van der Waals surface area contributed by atoms with Crippen LogP contribution in [0.15, 0.2) is 60.7 Å². The highest BCUT2D eigenvalue weighted by atomic mass is 15.2. The number of piperidine rings is 1. The molecule has 0 radical (unpaired) electrons. The van der Waals surface area contributed by atoms with Crippen molar-refractivity contribution < 1.29 is 0 Å². The molecule has 2 aromatic carbocycles. The Labute approximate surface area is 122 Å². The molecule has 1 saturated heterocycles. The molecule has 0 spiro atoms. The first-order chi connectivity index (χ1) is 9.93. The van der Waals surface area contributed by atoms with E-state index in [4.69, 9.17) is 0 Å². The molecule has 1 unspecified atom stereocenters. The quantitative estimate of drug-likeness (QED) is 0.776. The molecule has 1 fully saturated rings. The van der Waals surface area contributed by atoms with Gasteiger partial charge in [-0.1, -0.05) is 48.5 Å². The molecule has 0 aromatic heterocycles. The number of nitrogens with zero attached hydrogens (tertiary/aromatic N) is 1. The highest BCUT2D eigenvalue weighted by Gasteiger charge is 2.22. The van der Waals surface area contributed by atoms with Gasteiger partial charge in [-0.25, -0.2) is 0 Å². The zero-order chi connectivity index (χ0) is 13.6. The lowest BCUT2D eigenvalue weighted by molar-refractivity contribution is 0.438. The fraction of sp³-hybridized carbons (Fsp3) is 0.368. The van der Waals surface area contributed by atoms with Gasteiger partial charge in [0.05, 0.1) is 0 Å². The second kappa shape index (κ2) is 6.60. The van der Waals surface area contributed by atoms with Gasteiger partial charge in [0.25, 0.3) is 0 Å². The molecule has 1 aliphatic rings. The van der Waals surface area contributed by atoms with Crippen molar-refractivity contribution in [1.29, 1.82) is 0 Å². The third kappa shape index (κ3) is 3.22. The van der Waals surface area contributed by atoms with E-state index in [1.54, 1.807) is 0 Å². The molecule has 0 aliphatic carbocycles. The maximum atomic E-state index is 2.62. The molecule has 1 nitrogen and oxygen atoms in total. The monoisotopic (exact) mass is 265 g/mol. The third-order valence-electron chi connectivity index (χ3n) is 4.32. The fourth-order valence-electron chi connectivity index (χ4n) is 3.24. The smallest absolute Gasteiger partial charge is 0.0368 e. The zero-order valence-electron chi connectivity index (χ0n) is 12.0. The Morgan fingerprint density at radius 2 is 1.55 bits per heavy atom. The minimum absolute atomic E-state index is 0.700. The average Bonchev–Trinajstić information content (AvgIpc) is 2.55. The lowest BCUT2D eigenvalue weighted by Gasteiger charge is -2.38. The van der Waals surface area contributed by atoms with Crippen molar-refractivity contribution in [2.24, 2.45) is 0 Å². The van der Waals surface area contributed by atoms with Gasteiger partial charge in [-0.3, -0.25) is 0 Å². The van der Waals surface area contributed by atoms with Gasteiger partial charge >= 0.3 is 0 Å². The van der Waals surface area contributed by atoms with E-state index in [0.717, 1.165) is 0 Å². The van der Waals surface area contributed by atoms with E-state index in [1.165, 1.54) is 49.9 Å². The Kier molecular flexibility index (Phi) is 4.37. The minimum Gasteiger partial charge on any atom is -0.369 e. The van der Waals surface area contributed by atoms with Crippen LogP contribution in [-0.2, 0) is 6.42 Å². The lowest BCUT2D eigenvalue weighted by atomic mass is 9.95. The van der Waals surface area contributed by atoms with E-state index in [2.05, 4.69) is 65.6 Å². The van der Waals surface area contributed by atoms with E-state index < -0.39 is 0 Å². The van der Waals surface area contributed by atoms with Crippen LogP contribution < -0.4 is 4.90 Å². The molecule has 2 aromatic rings. The van der Waals surface area contributed by atoms with Crippen LogP contribution in [0.1, 0.15) is 31.2 Å². The van der Waals surface area contributed by atoms with Gasteiger partial charge in [0.1, 0.15) is 0 Å². The van der Waals surface area contributed by atoms with Gasteiger partial charge in [-0.15, -0.1) is 0 Å². The molecule has 1 atom stereocenters. The summed E-state index contributed by atoms with van der Waals surface area (Å²) in [5, 5.41) is 0. The summed E-state index contributed by atoms with van der Waals surface area (Å²) in [4.78, 5) is 2.62. The van der Waals surface area contributed by atoms with Gasteiger partial charge in [0.15, 0.2) is 0 Å². The maximum Gasteiger partial charge on any atom is 0.0368 e. The number of rotatable bonds is 4. The summed E-state index contributed by atoms with van der Waals surface area (Å²) in [5.74, 6) is 0. The zero-order valence-corrected chi connectivity index (χ0v) is 12.0. The van der Waals surface area contributed by atoms with E-state index in [9.17, 15) is 0 Å². The number of para-hydroxylation sites is 1. The SMILES string of the molecule is c1ccc(CCC2CCCCN2c2ccccc2)cc1. The van der Waals surface area contributed by atoms with Crippen LogP contribution in [0.25, 0.3) is 0 Å². The highest BCUT2D eigenvalue weighted by Crippen LogP contribution is 2.27. The Bertz CT molecular complexity index is 506. The first kappa shape index (κ1) is 13.2. The molecule has 0 saturated carbocycles. The number of benzene rings is 2. The highest BCUT2D eigenvalue weighted by molar-refractivity contribution is 5.47. The molecule has 1 aliphatic heterocycles. The van der Waals surface area contributed by atoms with Crippen LogP contribution in [0.4, 0.5) is 5.69 Å². The second-order valence-electron chi connectivity index (χ2n) is 5.70. The topological polar surface area (TPSA) is 3.24 Å². The Morgan fingerprint density at radius 3 is 2.30 bits per heavy atom. The molecule has 0 bridgehead atoms. The summed E-state index contributed by atoms with van der Waals surface area (Å²) in [6, 6.07) is 22.5. The van der Waals surface area contributed by atoms with Crippen molar-refractivity contribution in [2.45, 2.75) is 38.1 Å². The molecule has 0 N–H and O–H groups in total. The summed E-state index contributed by atoms with van der Waals surface area (Å²) in [6.45, 7) is 1.21. The standard InChI is InChI=1S/C19H23N/c1-3-9-17(10-4-1)14-15-19-13-7-8-16-20(19)18-11-5-2-6-12-18/h1-6,9-12,19H,7-8,13-16H2. The number of anilines is 1. The Balaban J connectivity index is 1.67. The van der Waals surface area contributed by atoms with Crippen LogP contribution in [0.2, 0.25) is 0 Å². The van der Waals surface area contributed by atoms with Gasteiger partial charge in [-0.05, 0) is 49.8 Å². The van der Waals surface area contributed by atoms with Crippen molar-refractivity contribution in [2.75, 3.05) is 11.4 Å². The molecule has 1 heteroatoms. The van der Waals surface area contributed by atoms with Gasteiger partial charge in [-0.2, -0.15) is 0 Å². The van der Waals surface area contributed by atoms with Gasteiger partial charge < -0.3 is 4.90 Å². The first-order valence-corrected chi connectivity index (χ1v) is 7.79. The lowest BCUT2D eigenvalue weighted by Crippen LogP contribution is -2.39. The largest absolute Gasteiger partial charge is 0.369 e. The number of hydrogen-bond donors (Lipinski definition) is 0. The molecule has 20 heavy (non-hydrogen) atoms. The van der Waals surface area contributed by atoms with Crippen molar-refractivity contribution in [3.8, 4) is 0 Å². The first-order valence-electron chi connectivity index (χ1n) is 7.79. The minimum atomic E-state index is 0.700. The number of hydrogen-bond acceptors (Lipinski definition) is 1. The molecule has 3 rings (SSSR count). The van der Waals surface area contributed by atoms with Crippen LogP contribution in [-0.4, -0.2) is 12.6 Å². The van der Waals surface area contributed by atoms with E-state index >= 15 is 0 Å². The number of aryl methyl sites for hydroxylation is 1. The molecular formula is C19H23N. The maximum absolute atomic E-state index is 2.62. The molecule has 0 amide bonds. The van der Waals surface area contributed by atoms with Crippen molar-refractivity contribution >= 4 is 5.69 Å². The van der Waals surface area contributed by atoms with Crippen molar-refractivity contribution in [3.05, 3.63) is 66.2 Å². The second-order valence-corrected chi connectivity index (χ2v) is 5.70. The molecular weight excluding hydrogens is 242 g/mol. The molecule has 104 valence electrons. The van der Waals surface area contributed by atoms with Crippen LogP contribution in [0.3, 0.4) is 0 Å². The average molecular weight is 265 g/mol. The summed E-state index contributed by atoms with van der Waals surface area (Å²) in [5.41, 5.74) is 2.86. The summed E-state index contributed by atoms with van der Waals surface area (Å²) in [7, 11) is 0. The third-order valence-corrected chi connectivity index (χ3v) is 4.32. The predicted molar refractivity (Wildman–Crippen MR) is 86.2 cm³/mol. The summed E-state index contributed by atoms with van der Waals surface area (Å²) < 4.78 is 0. The Morgan fingerprint density at radius 1 is 0.850 bits per heavy atom. The van der Waals surface area contributed by atoms with Crippen LogP contribution in [0, 0.1) is 0 Å². The summed E-state index contributed by atoms with van der Waals surface area (Å²) >= 11 is 0. The van der Waals surface area contributed by atoms with Crippen LogP contribution in [0.5, 0.6) is 0 Å². The van der Waals surface area contributed by atoms with E-state index in [0.29, 0.717) is 6.04 Å². The van der Waals surface area contributed by atoms with Crippen LogP contribution >= 0.6 is 0 Å². The van der Waals surface area contributed by atoms with Crippen molar-refractivity contribution in [3.63, 3.8) is 0 Å². The Hall–Kier alpha value is -1.76. The fourth-order valence-corrected chi connectivity index (χ4v) is 3.24. The van der Waals surface area contributed by atoms with Gasteiger partial charge in [0.2, 0.25) is 0 Å². The summed E-state index contributed by atoms with van der Waals surface area (Å²) in [6.07, 6.45) is 6.50. The van der Waals surface area contributed by atoms with Crippen molar-refractivity contribution in [1.82, 2.24) is 0 Å². The van der Waals surface area contributed by atoms with Gasteiger partial charge in [0, 0.05) is 18.3 Å². The predicted octanol–water partition coefficient (Wildman–Crippen LogP) is 4.68. The molecule has 1 heterocycles. The van der Waals surface area contributed by atoms with E-state index in [-0.39, 0.29) is 0 Å². The normalized spacial score (nSPS) is 19.0. The van der Waals surface area contributed by atoms with E-state index in [1.807, 2.05) is 0 Å².